The first-order chi connectivity index (χ1) is 15.2. The van der Waals surface area contributed by atoms with Crippen LogP contribution in [0.1, 0.15) is 19.8 Å². The molecule has 7 heteroatoms. The normalized spacial score (nSPS) is 16.9. The molecule has 1 fully saturated rings. The van der Waals surface area contributed by atoms with Crippen molar-refractivity contribution < 1.29 is 14.2 Å². The van der Waals surface area contributed by atoms with Gasteiger partial charge in [-0.05, 0) is 45.5 Å². The van der Waals surface area contributed by atoms with Crippen LogP contribution in [0, 0.1) is 0 Å². The third kappa shape index (κ3) is 4.89. The van der Waals surface area contributed by atoms with Gasteiger partial charge in [0.15, 0.2) is 12.6 Å². The lowest BCUT2D eigenvalue weighted by Gasteiger charge is -2.30. The molecule has 0 unspecified atom stereocenters. The number of methoxy groups -OCH3 is 1. The van der Waals surface area contributed by atoms with Crippen molar-refractivity contribution in [2.24, 2.45) is 0 Å². The highest BCUT2D eigenvalue weighted by Crippen LogP contribution is 2.37. The fourth-order valence-corrected chi connectivity index (χ4v) is 4.02. The van der Waals surface area contributed by atoms with Crippen LogP contribution in [0.3, 0.4) is 0 Å². The van der Waals surface area contributed by atoms with Gasteiger partial charge < -0.3 is 24.4 Å². The maximum Gasteiger partial charge on any atom is 0.189 e. The Kier molecular flexibility index (Phi) is 6.84. The summed E-state index contributed by atoms with van der Waals surface area (Å²) in [7, 11) is 3.80. The van der Waals surface area contributed by atoms with Gasteiger partial charge in [-0.15, -0.1) is 10.2 Å². The number of hydrogen-bond donors (Lipinski definition) is 1. The first-order valence-electron chi connectivity index (χ1n) is 10.8. The molecule has 0 amide bonds. The Bertz CT molecular complexity index is 1030. The minimum atomic E-state index is 0.164. The number of benzene rings is 2. The molecule has 7 nitrogen and oxygen atoms in total. The quantitative estimate of drug-likeness (QED) is 0.431. The summed E-state index contributed by atoms with van der Waals surface area (Å²) in [5, 5.41) is 14.9. The first-order valence-corrected chi connectivity index (χ1v) is 10.8. The molecule has 0 aliphatic carbocycles. The van der Waals surface area contributed by atoms with Crippen LogP contribution < -0.4 is 14.8 Å². The number of fused-ring (bicyclic) bond motifs is 1. The van der Waals surface area contributed by atoms with Gasteiger partial charge in [-0.2, -0.15) is 0 Å². The molecule has 0 bridgehead atoms. The number of likely N-dealkylation sites (tertiary alicyclic amines) is 1. The van der Waals surface area contributed by atoms with E-state index >= 15 is 0 Å². The number of piperidine rings is 1. The molecule has 1 atom stereocenters. The van der Waals surface area contributed by atoms with Gasteiger partial charge in [-0.1, -0.05) is 24.3 Å². The third-order valence-corrected chi connectivity index (χ3v) is 5.60. The fraction of sp³-hybridized carbons (Fsp3) is 0.417. The van der Waals surface area contributed by atoms with E-state index in [1.807, 2.05) is 37.3 Å². The van der Waals surface area contributed by atoms with Gasteiger partial charge in [0, 0.05) is 41.6 Å². The summed E-state index contributed by atoms with van der Waals surface area (Å²) < 4.78 is 16.7. The van der Waals surface area contributed by atoms with Crippen molar-refractivity contribution in [3.05, 3.63) is 42.5 Å². The summed E-state index contributed by atoms with van der Waals surface area (Å²) in [5.74, 6) is 2.19. The molecule has 2 aromatic carbocycles. The van der Waals surface area contributed by atoms with Crippen LogP contribution in [-0.4, -0.2) is 61.8 Å². The maximum atomic E-state index is 5.90. The van der Waals surface area contributed by atoms with Crippen molar-refractivity contribution in [3.63, 3.8) is 0 Å². The van der Waals surface area contributed by atoms with E-state index in [0.29, 0.717) is 24.1 Å². The maximum absolute atomic E-state index is 5.90. The predicted octanol–water partition coefficient (Wildman–Crippen LogP) is 4.18. The summed E-state index contributed by atoms with van der Waals surface area (Å²) in [6.45, 7) is 4.83. The average molecular weight is 423 g/mol. The van der Waals surface area contributed by atoms with E-state index < -0.39 is 0 Å². The van der Waals surface area contributed by atoms with Crippen molar-refractivity contribution in [3.8, 4) is 22.8 Å². The van der Waals surface area contributed by atoms with Crippen molar-refractivity contribution in [2.75, 3.05) is 46.0 Å². The van der Waals surface area contributed by atoms with E-state index in [1.54, 1.807) is 7.11 Å². The molecule has 0 spiro atoms. The van der Waals surface area contributed by atoms with Gasteiger partial charge in [-0.3, -0.25) is 0 Å². The van der Waals surface area contributed by atoms with Crippen LogP contribution in [0.15, 0.2) is 42.5 Å². The molecule has 2 heterocycles. The largest absolute Gasteiger partial charge is 0.497 e. The molecule has 4 rings (SSSR count). The molecule has 1 aromatic heterocycles. The zero-order chi connectivity index (χ0) is 21.6. The van der Waals surface area contributed by atoms with E-state index in [9.17, 15) is 0 Å². The SMILES string of the molecule is CCOCOc1cc(OC)ccc1-c1nnc(N[C@@H]2CCCN(C)C2)c2ccccc12. The molecular formula is C24H30N4O3. The average Bonchev–Trinajstić information content (AvgIpc) is 2.80. The van der Waals surface area contributed by atoms with Gasteiger partial charge in [0.2, 0.25) is 0 Å². The number of nitrogens with one attached hydrogen (secondary N) is 1. The van der Waals surface area contributed by atoms with Crippen molar-refractivity contribution in [1.82, 2.24) is 15.1 Å². The second-order valence-electron chi connectivity index (χ2n) is 7.81. The van der Waals surface area contributed by atoms with Crippen molar-refractivity contribution in [2.45, 2.75) is 25.8 Å². The predicted molar refractivity (Wildman–Crippen MR) is 123 cm³/mol. The monoisotopic (exact) mass is 422 g/mol. The van der Waals surface area contributed by atoms with E-state index in [-0.39, 0.29) is 6.79 Å². The smallest absolute Gasteiger partial charge is 0.189 e. The standard InChI is InChI=1S/C24H30N4O3/c1-4-30-16-31-22-14-18(29-3)11-12-21(22)23-19-9-5-6-10-20(19)24(27-26-23)25-17-8-7-13-28(2)15-17/h5-6,9-12,14,17H,4,7-8,13,15-16H2,1-3H3,(H,25,27)/t17-/m1/s1. The number of anilines is 1. The minimum Gasteiger partial charge on any atom is -0.497 e. The van der Waals surface area contributed by atoms with Crippen molar-refractivity contribution in [1.29, 1.82) is 0 Å². The van der Waals surface area contributed by atoms with E-state index in [2.05, 4.69) is 39.6 Å². The molecule has 0 saturated carbocycles. The Balaban J connectivity index is 1.72. The molecule has 1 aliphatic heterocycles. The molecule has 0 radical (unpaired) electrons. The minimum absolute atomic E-state index is 0.164. The lowest BCUT2D eigenvalue weighted by molar-refractivity contribution is 0.0226. The highest BCUT2D eigenvalue weighted by Gasteiger charge is 2.20. The molecule has 1 saturated heterocycles. The Morgan fingerprint density at radius 3 is 2.74 bits per heavy atom. The zero-order valence-electron chi connectivity index (χ0n) is 18.4. The zero-order valence-corrected chi connectivity index (χ0v) is 18.4. The number of rotatable bonds is 8. The first kappa shape index (κ1) is 21.3. The van der Waals surface area contributed by atoms with Crippen molar-refractivity contribution >= 4 is 16.6 Å². The fourth-order valence-electron chi connectivity index (χ4n) is 4.02. The van der Waals surface area contributed by atoms with Crippen LogP contribution in [-0.2, 0) is 4.74 Å². The van der Waals surface area contributed by atoms with Crippen LogP contribution >= 0.6 is 0 Å². The Morgan fingerprint density at radius 2 is 1.97 bits per heavy atom. The number of ether oxygens (including phenoxy) is 3. The number of aromatic nitrogens is 2. The summed E-state index contributed by atoms with van der Waals surface area (Å²) in [6, 6.07) is 14.3. The second-order valence-corrected chi connectivity index (χ2v) is 7.81. The number of hydrogen-bond acceptors (Lipinski definition) is 7. The van der Waals surface area contributed by atoms with Gasteiger partial charge in [0.1, 0.15) is 17.2 Å². The Labute approximate surface area is 183 Å². The van der Waals surface area contributed by atoms with Crippen LogP contribution in [0.4, 0.5) is 5.82 Å². The molecule has 1 aliphatic rings. The van der Waals surface area contributed by atoms with Gasteiger partial charge in [0.05, 0.1) is 7.11 Å². The van der Waals surface area contributed by atoms with Gasteiger partial charge in [-0.25, -0.2) is 0 Å². The summed E-state index contributed by atoms with van der Waals surface area (Å²) in [5.41, 5.74) is 1.63. The second kappa shape index (κ2) is 9.94. The van der Waals surface area contributed by atoms with Crippen LogP contribution in [0.25, 0.3) is 22.0 Å². The molecule has 3 aromatic rings. The summed E-state index contributed by atoms with van der Waals surface area (Å²) in [6.07, 6.45) is 2.32. The van der Waals surface area contributed by atoms with E-state index in [4.69, 9.17) is 14.2 Å². The Hall–Kier alpha value is -2.90. The van der Waals surface area contributed by atoms with E-state index in [1.165, 1.54) is 6.42 Å². The molecule has 1 N–H and O–H groups in total. The van der Waals surface area contributed by atoms with E-state index in [0.717, 1.165) is 47.4 Å². The highest BCUT2D eigenvalue weighted by molar-refractivity contribution is 6.01. The van der Waals surface area contributed by atoms with Gasteiger partial charge in [0.25, 0.3) is 0 Å². The Morgan fingerprint density at radius 1 is 1.13 bits per heavy atom. The van der Waals surface area contributed by atoms with Crippen LogP contribution in [0.2, 0.25) is 0 Å². The summed E-state index contributed by atoms with van der Waals surface area (Å²) in [4.78, 5) is 2.35. The number of nitrogens with zero attached hydrogens (tertiary/aromatic N) is 3. The van der Waals surface area contributed by atoms with Gasteiger partial charge >= 0.3 is 0 Å². The topological polar surface area (TPSA) is 68.7 Å². The lowest BCUT2D eigenvalue weighted by Crippen LogP contribution is -2.40. The lowest BCUT2D eigenvalue weighted by atomic mass is 10.0. The number of likely N-dealkylation sites (N-methyl/N-ethyl adjacent to an activating group) is 1. The third-order valence-electron chi connectivity index (χ3n) is 5.60. The molecular weight excluding hydrogens is 392 g/mol. The molecule has 164 valence electrons. The summed E-state index contributed by atoms with van der Waals surface area (Å²) >= 11 is 0. The van der Waals surface area contributed by atoms with Crippen LogP contribution in [0.5, 0.6) is 11.5 Å². The molecule has 31 heavy (non-hydrogen) atoms. The highest BCUT2D eigenvalue weighted by atomic mass is 16.7.